The van der Waals surface area contributed by atoms with Crippen LogP contribution >= 0.6 is 0 Å². The molecule has 0 bridgehead atoms. The first kappa shape index (κ1) is 20.3. The topological polar surface area (TPSA) is 51.2 Å². The number of ether oxygens (including phenoxy) is 3. The first-order valence-corrected chi connectivity index (χ1v) is 10.6. The Kier molecular flexibility index (Phi) is 7.18. The van der Waals surface area contributed by atoms with Crippen molar-refractivity contribution in [2.75, 3.05) is 19.8 Å². The van der Waals surface area contributed by atoms with Crippen LogP contribution < -0.4 is 0 Å². The summed E-state index contributed by atoms with van der Waals surface area (Å²) >= 11 is 0. The van der Waals surface area contributed by atoms with Crippen molar-refractivity contribution in [2.24, 2.45) is 17.3 Å². The molecule has 3 fully saturated rings. The first-order valence-electron chi connectivity index (χ1n) is 10.6. The molecule has 1 aliphatic heterocycles. The largest absolute Gasteiger partial charge is 0.387 e. The molecule has 150 valence electrons. The minimum atomic E-state index is -0.534. The molecule has 2 atom stereocenters. The van der Waals surface area contributed by atoms with Crippen LogP contribution in [0, 0.1) is 17.3 Å². The van der Waals surface area contributed by atoms with Crippen molar-refractivity contribution >= 4 is 0 Å². The molecule has 0 spiro atoms. The van der Waals surface area contributed by atoms with Gasteiger partial charge < -0.3 is 19.3 Å². The van der Waals surface area contributed by atoms with Crippen LogP contribution in [-0.2, 0) is 14.2 Å². The van der Waals surface area contributed by atoms with E-state index in [0.717, 1.165) is 37.9 Å². The molecule has 26 heavy (non-hydrogen) atoms. The van der Waals surface area contributed by atoms with Crippen LogP contribution in [-0.4, -0.2) is 49.3 Å². The third kappa shape index (κ3) is 5.54. The molecule has 3 aliphatic rings. The third-order valence-corrected chi connectivity index (χ3v) is 7.15. The maximum absolute atomic E-state index is 9.57. The summed E-state index contributed by atoms with van der Waals surface area (Å²) in [6.07, 6.45) is 11.9. The van der Waals surface area contributed by atoms with E-state index in [1.807, 2.05) is 0 Å². The van der Waals surface area contributed by atoms with Crippen LogP contribution in [0.3, 0.4) is 0 Å². The number of aliphatic hydroxyl groups excluding tert-OH is 1. The van der Waals surface area contributed by atoms with Crippen LogP contribution in [0.1, 0.15) is 65.2 Å². The molecule has 1 heterocycles. The van der Waals surface area contributed by atoms with Gasteiger partial charge in [0.05, 0.1) is 38.1 Å². The van der Waals surface area contributed by atoms with Gasteiger partial charge in [-0.15, -0.1) is 6.58 Å². The summed E-state index contributed by atoms with van der Waals surface area (Å²) in [7, 11) is 0. The summed E-state index contributed by atoms with van der Waals surface area (Å²) in [5.74, 6) is 1.60. The Labute approximate surface area is 159 Å². The summed E-state index contributed by atoms with van der Waals surface area (Å²) in [4.78, 5) is 0. The number of aliphatic hydroxyl groups is 1. The van der Waals surface area contributed by atoms with E-state index in [1.54, 1.807) is 6.08 Å². The average Bonchev–Trinajstić information content (AvgIpc) is 3.49. The summed E-state index contributed by atoms with van der Waals surface area (Å²) < 4.78 is 17.1. The van der Waals surface area contributed by atoms with E-state index >= 15 is 0 Å². The fourth-order valence-corrected chi connectivity index (χ4v) is 4.99. The first-order chi connectivity index (χ1) is 12.5. The summed E-state index contributed by atoms with van der Waals surface area (Å²) in [6, 6.07) is 0. The van der Waals surface area contributed by atoms with E-state index < -0.39 is 6.10 Å². The molecule has 4 heteroatoms. The SMILES string of the molecule is C=CC(O)COC1CCC(C(C)(C)C2CCC(OCC3CO3)CC2)CC1. The van der Waals surface area contributed by atoms with Gasteiger partial charge in [-0.05, 0) is 68.6 Å². The molecule has 0 aromatic rings. The molecule has 0 aromatic carbocycles. The van der Waals surface area contributed by atoms with Crippen LogP contribution in [0.2, 0.25) is 0 Å². The Morgan fingerprint density at radius 3 is 1.96 bits per heavy atom. The van der Waals surface area contributed by atoms with Gasteiger partial charge in [-0.1, -0.05) is 19.9 Å². The number of epoxide rings is 1. The lowest BCUT2D eigenvalue weighted by Gasteiger charge is -2.46. The monoisotopic (exact) mass is 366 g/mol. The van der Waals surface area contributed by atoms with E-state index in [9.17, 15) is 5.11 Å². The van der Waals surface area contributed by atoms with Gasteiger partial charge in [0.15, 0.2) is 0 Å². The van der Waals surface area contributed by atoms with Crippen molar-refractivity contribution in [3.05, 3.63) is 12.7 Å². The Morgan fingerprint density at radius 1 is 1.00 bits per heavy atom. The average molecular weight is 367 g/mol. The van der Waals surface area contributed by atoms with Gasteiger partial charge in [0.1, 0.15) is 6.10 Å². The van der Waals surface area contributed by atoms with Gasteiger partial charge >= 0.3 is 0 Å². The Hall–Kier alpha value is -0.420. The van der Waals surface area contributed by atoms with E-state index in [-0.39, 0.29) is 0 Å². The van der Waals surface area contributed by atoms with Crippen molar-refractivity contribution in [1.29, 1.82) is 0 Å². The summed E-state index contributed by atoms with van der Waals surface area (Å²) in [5.41, 5.74) is 0.399. The highest BCUT2D eigenvalue weighted by atomic mass is 16.6. The fraction of sp³-hybridized carbons (Fsp3) is 0.909. The lowest BCUT2D eigenvalue weighted by atomic mass is 9.60. The van der Waals surface area contributed by atoms with Gasteiger partial charge in [-0.25, -0.2) is 0 Å². The molecule has 4 nitrogen and oxygen atoms in total. The minimum Gasteiger partial charge on any atom is -0.387 e. The number of hydrogen-bond donors (Lipinski definition) is 1. The molecular formula is C22H38O4. The van der Waals surface area contributed by atoms with Crippen molar-refractivity contribution in [1.82, 2.24) is 0 Å². The Bertz CT molecular complexity index is 429. The molecule has 0 radical (unpaired) electrons. The lowest BCUT2D eigenvalue weighted by Crippen LogP contribution is -2.39. The second kappa shape index (κ2) is 9.18. The van der Waals surface area contributed by atoms with E-state index in [4.69, 9.17) is 14.2 Å². The van der Waals surface area contributed by atoms with Crippen molar-refractivity contribution in [3.63, 3.8) is 0 Å². The van der Waals surface area contributed by atoms with Gasteiger partial charge in [0.25, 0.3) is 0 Å². The lowest BCUT2D eigenvalue weighted by molar-refractivity contribution is -0.0472. The normalized spacial score (nSPS) is 36.5. The van der Waals surface area contributed by atoms with Gasteiger partial charge in [-0.2, -0.15) is 0 Å². The van der Waals surface area contributed by atoms with E-state index in [2.05, 4.69) is 20.4 Å². The fourth-order valence-electron chi connectivity index (χ4n) is 4.99. The molecule has 0 amide bonds. The highest BCUT2D eigenvalue weighted by Crippen LogP contribution is 2.48. The Balaban J connectivity index is 1.38. The molecule has 3 rings (SSSR count). The van der Waals surface area contributed by atoms with Gasteiger partial charge in [0.2, 0.25) is 0 Å². The van der Waals surface area contributed by atoms with Crippen LogP contribution in [0.5, 0.6) is 0 Å². The van der Waals surface area contributed by atoms with Crippen molar-refractivity contribution in [3.8, 4) is 0 Å². The molecule has 2 aliphatic carbocycles. The molecule has 2 saturated carbocycles. The van der Waals surface area contributed by atoms with Gasteiger partial charge in [-0.3, -0.25) is 0 Å². The zero-order valence-electron chi connectivity index (χ0n) is 16.7. The van der Waals surface area contributed by atoms with Crippen LogP contribution in [0.4, 0.5) is 0 Å². The number of rotatable bonds is 9. The van der Waals surface area contributed by atoms with Crippen LogP contribution in [0.25, 0.3) is 0 Å². The van der Waals surface area contributed by atoms with E-state index in [0.29, 0.717) is 30.3 Å². The molecule has 2 unspecified atom stereocenters. The molecule has 1 saturated heterocycles. The predicted molar refractivity (Wildman–Crippen MR) is 103 cm³/mol. The second-order valence-corrected chi connectivity index (χ2v) is 9.19. The molecule has 0 aromatic heterocycles. The quantitative estimate of drug-likeness (QED) is 0.493. The molecular weight excluding hydrogens is 328 g/mol. The van der Waals surface area contributed by atoms with Crippen molar-refractivity contribution in [2.45, 2.75) is 89.6 Å². The zero-order chi connectivity index (χ0) is 18.6. The highest BCUT2D eigenvalue weighted by molar-refractivity contribution is 4.91. The summed E-state index contributed by atoms with van der Waals surface area (Å²) in [6.45, 7) is 10.7. The number of hydrogen-bond acceptors (Lipinski definition) is 4. The van der Waals surface area contributed by atoms with Gasteiger partial charge in [0, 0.05) is 0 Å². The Morgan fingerprint density at radius 2 is 1.50 bits per heavy atom. The third-order valence-electron chi connectivity index (χ3n) is 7.15. The van der Waals surface area contributed by atoms with Crippen molar-refractivity contribution < 1.29 is 19.3 Å². The zero-order valence-corrected chi connectivity index (χ0v) is 16.7. The minimum absolute atomic E-state index is 0.311. The molecule has 1 N–H and O–H groups in total. The second-order valence-electron chi connectivity index (χ2n) is 9.19. The standard InChI is InChI=1S/C22H38O4/c1-4-18(23)13-24-19-9-5-16(6-10-19)22(2,3)17-7-11-20(12-8-17)25-14-21-15-26-21/h4,16-21,23H,1,5-15H2,2-3H3. The van der Waals surface area contributed by atoms with E-state index in [1.165, 1.54) is 38.5 Å². The maximum Gasteiger partial charge on any atom is 0.104 e. The maximum atomic E-state index is 9.57. The van der Waals surface area contributed by atoms with Crippen LogP contribution in [0.15, 0.2) is 12.7 Å². The smallest absolute Gasteiger partial charge is 0.104 e. The summed E-state index contributed by atoms with van der Waals surface area (Å²) in [5, 5.41) is 9.57. The predicted octanol–water partition coefficient (Wildman–Crippen LogP) is 4.11. The highest BCUT2D eigenvalue weighted by Gasteiger charge is 2.41.